The predicted octanol–water partition coefficient (Wildman–Crippen LogP) is 1.26. The average molecular weight is 161 g/mol. The maximum Gasteiger partial charge on any atom is 0.0992 e. The molecule has 1 aromatic rings. The van der Waals surface area contributed by atoms with Crippen LogP contribution in [-0.4, -0.2) is 6.54 Å². The molecule has 0 heterocycles. The number of nitrogens with two attached hydrogens (primary N) is 1. The number of benzene rings is 1. The minimum atomic E-state index is 0.636. The molecule has 0 atom stereocenters. The van der Waals surface area contributed by atoms with Crippen molar-refractivity contribution in [2.24, 2.45) is 5.84 Å². The molecule has 2 N–H and O–H groups in total. The third kappa shape index (κ3) is 1.74. The van der Waals surface area contributed by atoms with Crippen molar-refractivity contribution in [3.63, 3.8) is 0 Å². The second kappa shape index (κ2) is 3.74. The van der Waals surface area contributed by atoms with Gasteiger partial charge >= 0.3 is 0 Å². The Bertz CT molecular complexity index is 301. The van der Waals surface area contributed by atoms with Gasteiger partial charge in [-0.25, -0.2) is 5.84 Å². The van der Waals surface area contributed by atoms with Crippen molar-refractivity contribution in [3.8, 4) is 6.07 Å². The van der Waals surface area contributed by atoms with Crippen LogP contribution in [0.5, 0.6) is 0 Å². The van der Waals surface area contributed by atoms with Gasteiger partial charge < -0.3 is 5.01 Å². The molecule has 62 valence electrons. The molecule has 3 nitrogen and oxygen atoms in total. The van der Waals surface area contributed by atoms with Crippen LogP contribution in [0.2, 0.25) is 0 Å². The summed E-state index contributed by atoms with van der Waals surface area (Å²) in [6.45, 7) is 2.69. The summed E-state index contributed by atoms with van der Waals surface area (Å²) in [6, 6.07) is 9.29. The number of nitrogens with zero attached hydrogens (tertiary/aromatic N) is 2. The van der Waals surface area contributed by atoms with E-state index in [0.29, 0.717) is 5.56 Å². The Labute approximate surface area is 72.0 Å². The number of hydrazine groups is 1. The van der Waals surface area contributed by atoms with E-state index in [1.165, 1.54) is 0 Å². The fourth-order valence-electron chi connectivity index (χ4n) is 0.937. The molecule has 0 saturated carbocycles. The van der Waals surface area contributed by atoms with Gasteiger partial charge in [0, 0.05) is 6.54 Å². The predicted molar refractivity (Wildman–Crippen MR) is 48.4 cm³/mol. The highest BCUT2D eigenvalue weighted by atomic mass is 15.4. The Hall–Kier alpha value is -1.53. The van der Waals surface area contributed by atoms with E-state index >= 15 is 0 Å². The highest BCUT2D eigenvalue weighted by Gasteiger charge is 1.98. The van der Waals surface area contributed by atoms with Crippen molar-refractivity contribution < 1.29 is 0 Å². The number of anilines is 1. The van der Waals surface area contributed by atoms with Crippen molar-refractivity contribution in [1.29, 1.82) is 5.26 Å². The van der Waals surface area contributed by atoms with Gasteiger partial charge in [0.25, 0.3) is 0 Å². The topological polar surface area (TPSA) is 53.0 Å². The molecule has 0 aliphatic heterocycles. The Morgan fingerprint density at radius 1 is 1.58 bits per heavy atom. The van der Waals surface area contributed by atoms with Gasteiger partial charge in [0.2, 0.25) is 0 Å². The Balaban J connectivity index is 2.95. The molecule has 1 rings (SSSR count). The lowest BCUT2D eigenvalue weighted by Crippen LogP contribution is -2.30. The normalized spacial score (nSPS) is 9.08. The minimum absolute atomic E-state index is 0.636. The molecular formula is C9H11N3. The molecule has 0 aliphatic rings. The van der Waals surface area contributed by atoms with Crippen molar-refractivity contribution in [2.45, 2.75) is 6.92 Å². The number of nitriles is 1. The monoisotopic (exact) mass is 161 g/mol. The molecule has 0 aromatic heterocycles. The van der Waals surface area contributed by atoms with Gasteiger partial charge in [-0.15, -0.1) is 0 Å². The first-order valence-electron chi connectivity index (χ1n) is 3.80. The SMILES string of the molecule is CCN(N)c1cccc(C#N)c1. The number of rotatable bonds is 2. The first-order chi connectivity index (χ1) is 5.77. The van der Waals surface area contributed by atoms with E-state index in [-0.39, 0.29) is 0 Å². The first kappa shape index (κ1) is 8.57. The van der Waals surface area contributed by atoms with E-state index in [9.17, 15) is 0 Å². The third-order valence-electron chi connectivity index (χ3n) is 1.65. The van der Waals surface area contributed by atoms with Gasteiger partial charge in [0.15, 0.2) is 0 Å². The molecule has 1 aromatic carbocycles. The van der Waals surface area contributed by atoms with Gasteiger partial charge in [-0.05, 0) is 25.1 Å². The first-order valence-corrected chi connectivity index (χ1v) is 3.80. The lowest BCUT2D eigenvalue weighted by atomic mass is 10.2. The van der Waals surface area contributed by atoms with Crippen molar-refractivity contribution in [2.75, 3.05) is 11.6 Å². The molecular weight excluding hydrogens is 150 g/mol. The average Bonchev–Trinajstić information content (AvgIpc) is 2.17. The zero-order valence-corrected chi connectivity index (χ0v) is 6.99. The van der Waals surface area contributed by atoms with E-state index in [1.54, 1.807) is 17.1 Å². The summed E-state index contributed by atoms with van der Waals surface area (Å²) in [4.78, 5) is 0. The van der Waals surface area contributed by atoms with Crippen LogP contribution in [0.3, 0.4) is 0 Å². The lowest BCUT2D eigenvalue weighted by Gasteiger charge is -2.15. The van der Waals surface area contributed by atoms with Crippen molar-refractivity contribution >= 4 is 5.69 Å². The van der Waals surface area contributed by atoms with Crippen LogP contribution in [0, 0.1) is 11.3 Å². The van der Waals surface area contributed by atoms with Crippen LogP contribution in [-0.2, 0) is 0 Å². The number of hydrogen-bond donors (Lipinski definition) is 1. The fourth-order valence-corrected chi connectivity index (χ4v) is 0.937. The van der Waals surface area contributed by atoms with Crippen LogP contribution in [0.25, 0.3) is 0 Å². The molecule has 3 heteroatoms. The van der Waals surface area contributed by atoms with Gasteiger partial charge in [0.1, 0.15) is 0 Å². The van der Waals surface area contributed by atoms with Crippen LogP contribution < -0.4 is 10.9 Å². The standard InChI is InChI=1S/C9H11N3/c1-2-12(11)9-5-3-4-8(6-9)7-10/h3-6H,2,11H2,1H3. The lowest BCUT2D eigenvalue weighted by molar-refractivity contribution is 0.892. The summed E-state index contributed by atoms with van der Waals surface area (Å²) in [7, 11) is 0. The van der Waals surface area contributed by atoms with E-state index in [1.807, 2.05) is 19.1 Å². The highest BCUT2D eigenvalue weighted by Crippen LogP contribution is 2.11. The largest absolute Gasteiger partial charge is 0.311 e. The Morgan fingerprint density at radius 3 is 2.92 bits per heavy atom. The molecule has 0 fully saturated rings. The summed E-state index contributed by atoms with van der Waals surface area (Å²) < 4.78 is 0. The second-order valence-corrected chi connectivity index (χ2v) is 2.45. The van der Waals surface area contributed by atoms with Crippen LogP contribution in [0.15, 0.2) is 24.3 Å². The van der Waals surface area contributed by atoms with Gasteiger partial charge in [-0.2, -0.15) is 5.26 Å². The summed E-state index contributed by atoms with van der Waals surface area (Å²) >= 11 is 0. The van der Waals surface area contributed by atoms with Crippen LogP contribution >= 0.6 is 0 Å². The fraction of sp³-hybridized carbons (Fsp3) is 0.222. The smallest absolute Gasteiger partial charge is 0.0992 e. The van der Waals surface area contributed by atoms with E-state index < -0.39 is 0 Å². The molecule has 0 saturated heterocycles. The summed E-state index contributed by atoms with van der Waals surface area (Å²) in [6.07, 6.45) is 0. The van der Waals surface area contributed by atoms with Crippen molar-refractivity contribution in [1.82, 2.24) is 0 Å². The third-order valence-corrected chi connectivity index (χ3v) is 1.65. The van der Waals surface area contributed by atoms with Crippen LogP contribution in [0.4, 0.5) is 5.69 Å². The zero-order chi connectivity index (χ0) is 8.97. The highest BCUT2D eigenvalue weighted by molar-refractivity contribution is 5.50. The zero-order valence-electron chi connectivity index (χ0n) is 6.99. The molecule has 12 heavy (non-hydrogen) atoms. The minimum Gasteiger partial charge on any atom is -0.311 e. The Morgan fingerprint density at radius 2 is 2.33 bits per heavy atom. The van der Waals surface area contributed by atoms with Crippen molar-refractivity contribution in [3.05, 3.63) is 29.8 Å². The van der Waals surface area contributed by atoms with Crippen LogP contribution in [0.1, 0.15) is 12.5 Å². The van der Waals surface area contributed by atoms with E-state index in [2.05, 4.69) is 6.07 Å². The second-order valence-electron chi connectivity index (χ2n) is 2.45. The molecule has 0 bridgehead atoms. The molecule has 0 spiro atoms. The summed E-state index contributed by atoms with van der Waals surface area (Å²) in [5, 5.41) is 10.2. The van der Waals surface area contributed by atoms with E-state index in [0.717, 1.165) is 12.2 Å². The van der Waals surface area contributed by atoms with Gasteiger partial charge in [0.05, 0.1) is 17.3 Å². The maximum absolute atomic E-state index is 8.61. The molecule has 0 unspecified atom stereocenters. The maximum atomic E-state index is 8.61. The Kier molecular flexibility index (Phi) is 2.67. The van der Waals surface area contributed by atoms with Gasteiger partial charge in [-0.3, -0.25) is 0 Å². The van der Waals surface area contributed by atoms with E-state index in [4.69, 9.17) is 11.1 Å². The molecule has 0 radical (unpaired) electrons. The summed E-state index contributed by atoms with van der Waals surface area (Å²) in [5.74, 6) is 5.64. The molecule has 0 aliphatic carbocycles. The quantitative estimate of drug-likeness (QED) is 0.524. The number of hydrogen-bond acceptors (Lipinski definition) is 3. The van der Waals surface area contributed by atoms with Gasteiger partial charge in [-0.1, -0.05) is 6.07 Å². The summed E-state index contributed by atoms with van der Waals surface area (Å²) in [5.41, 5.74) is 1.51. The molecule has 0 amide bonds.